The number of ketones is 1. The first-order valence-electron chi connectivity index (χ1n) is 7.15. The van der Waals surface area contributed by atoms with E-state index in [1.807, 2.05) is 43.3 Å². The molecule has 3 nitrogen and oxygen atoms in total. The van der Waals surface area contributed by atoms with Crippen molar-refractivity contribution in [3.8, 4) is 0 Å². The summed E-state index contributed by atoms with van der Waals surface area (Å²) in [5.74, 6) is -0.176. The number of amides is 1. The molecule has 0 fully saturated rings. The van der Waals surface area contributed by atoms with Crippen LogP contribution in [-0.4, -0.2) is 17.7 Å². The van der Waals surface area contributed by atoms with E-state index in [1.165, 1.54) is 0 Å². The van der Waals surface area contributed by atoms with Crippen molar-refractivity contribution in [1.82, 2.24) is 5.32 Å². The summed E-state index contributed by atoms with van der Waals surface area (Å²) >= 11 is 0. The molecule has 1 N–H and O–H groups in total. The van der Waals surface area contributed by atoms with Gasteiger partial charge in [-0.05, 0) is 37.5 Å². The normalized spacial score (nSPS) is 17.2. The molecule has 0 radical (unpaired) electrons. The smallest absolute Gasteiger partial charge is 0.251 e. The quantitative estimate of drug-likeness (QED) is 0.918. The Morgan fingerprint density at radius 3 is 2.57 bits per heavy atom. The van der Waals surface area contributed by atoms with Gasteiger partial charge >= 0.3 is 0 Å². The first-order valence-corrected chi connectivity index (χ1v) is 7.15. The summed E-state index contributed by atoms with van der Waals surface area (Å²) in [4.78, 5) is 24.6. The number of carbonyl (C=O) groups excluding carboxylic acids is 2. The van der Waals surface area contributed by atoms with E-state index in [4.69, 9.17) is 0 Å². The topological polar surface area (TPSA) is 46.2 Å². The fourth-order valence-corrected chi connectivity index (χ4v) is 2.68. The fourth-order valence-electron chi connectivity index (χ4n) is 2.68. The van der Waals surface area contributed by atoms with Crippen LogP contribution >= 0.6 is 0 Å². The summed E-state index contributed by atoms with van der Waals surface area (Å²) in [7, 11) is 0. The standard InChI is InChI=1S/C18H17NO2/c1-12-6-8-14(9-7-12)18(21)19-16-11-10-13-4-2-3-5-15(13)17(16)20/h2-9,16H,10-11H2,1H3,(H,19,21)/t16-/m0/s1. The molecule has 1 amide bonds. The number of aryl methyl sites for hydroxylation is 2. The van der Waals surface area contributed by atoms with Crippen molar-refractivity contribution in [3.05, 3.63) is 70.8 Å². The van der Waals surface area contributed by atoms with E-state index in [-0.39, 0.29) is 11.7 Å². The molecule has 2 aromatic rings. The van der Waals surface area contributed by atoms with Crippen molar-refractivity contribution in [2.45, 2.75) is 25.8 Å². The third kappa shape index (κ3) is 2.72. The minimum Gasteiger partial charge on any atom is -0.342 e. The van der Waals surface area contributed by atoms with Gasteiger partial charge in [-0.25, -0.2) is 0 Å². The maximum atomic E-state index is 12.4. The molecule has 0 unspecified atom stereocenters. The summed E-state index contributed by atoms with van der Waals surface area (Å²) in [6.45, 7) is 1.98. The Labute approximate surface area is 124 Å². The Morgan fingerprint density at radius 1 is 1.10 bits per heavy atom. The molecule has 21 heavy (non-hydrogen) atoms. The molecule has 0 saturated carbocycles. The molecule has 0 aromatic heterocycles. The van der Waals surface area contributed by atoms with Gasteiger partial charge in [0.2, 0.25) is 0 Å². The van der Waals surface area contributed by atoms with Crippen LogP contribution in [-0.2, 0) is 6.42 Å². The highest BCUT2D eigenvalue weighted by Crippen LogP contribution is 2.21. The Bertz CT molecular complexity index is 689. The number of hydrogen-bond donors (Lipinski definition) is 1. The molecule has 106 valence electrons. The molecule has 1 atom stereocenters. The average Bonchev–Trinajstić information content (AvgIpc) is 2.51. The van der Waals surface area contributed by atoms with Crippen LogP contribution in [0.4, 0.5) is 0 Å². The van der Waals surface area contributed by atoms with Gasteiger partial charge in [0.15, 0.2) is 5.78 Å². The third-order valence-corrected chi connectivity index (χ3v) is 3.92. The molecule has 0 spiro atoms. The Hall–Kier alpha value is -2.42. The van der Waals surface area contributed by atoms with Gasteiger partial charge < -0.3 is 5.32 Å². The molecule has 3 heteroatoms. The highest BCUT2D eigenvalue weighted by Gasteiger charge is 2.28. The van der Waals surface area contributed by atoms with Crippen molar-refractivity contribution >= 4 is 11.7 Å². The molecule has 1 aliphatic carbocycles. The minimum atomic E-state index is -0.422. The summed E-state index contributed by atoms with van der Waals surface area (Å²) in [5, 5.41) is 2.86. The minimum absolute atomic E-state index is 0.0114. The SMILES string of the molecule is Cc1ccc(C(=O)N[C@H]2CCc3ccccc3C2=O)cc1. The van der Waals surface area contributed by atoms with E-state index in [2.05, 4.69) is 5.32 Å². The van der Waals surface area contributed by atoms with E-state index < -0.39 is 6.04 Å². The molecular weight excluding hydrogens is 262 g/mol. The van der Waals surface area contributed by atoms with E-state index in [0.717, 1.165) is 23.1 Å². The summed E-state index contributed by atoms with van der Waals surface area (Å²) in [6, 6.07) is 14.6. The maximum Gasteiger partial charge on any atom is 0.251 e. The Morgan fingerprint density at radius 2 is 1.81 bits per heavy atom. The highest BCUT2D eigenvalue weighted by molar-refractivity contribution is 6.05. The van der Waals surface area contributed by atoms with Crippen LogP contribution in [0.3, 0.4) is 0 Å². The summed E-state index contributed by atoms with van der Waals surface area (Å²) < 4.78 is 0. The van der Waals surface area contributed by atoms with E-state index in [0.29, 0.717) is 12.0 Å². The van der Waals surface area contributed by atoms with E-state index in [9.17, 15) is 9.59 Å². The van der Waals surface area contributed by atoms with Crippen LogP contribution in [0.15, 0.2) is 48.5 Å². The summed E-state index contributed by atoms with van der Waals surface area (Å²) in [5.41, 5.74) is 3.50. The molecule has 1 aliphatic rings. The van der Waals surface area contributed by atoms with Gasteiger partial charge in [-0.1, -0.05) is 42.0 Å². The van der Waals surface area contributed by atoms with E-state index in [1.54, 1.807) is 12.1 Å². The van der Waals surface area contributed by atoms with Gasteiger partial charge in [-0.3, -0.25) is 9.59 Å². The lowest BCUT2D eigenvalue weighted by Crippen LogP contribution is -2.43. The number of nitrogens with one attached hydrogen (secondary N) is 1. The number of Topliss-reactive ketones (excluding diaryl/α,β-unsaturated/α-hetero) is 1. The molecule has 0 aliphatic heterocycles. The molecule has 0 heterocycles. The van der Waals surface area contributed by atoms with Gasteiger partial charge in [0.25, 0.3) is 5.91 Å². The average molecular weight is 279 g/mol. The van der Waals surface area contributed by atoms with Crippen LogP contribution in [0.1, 0.15) is 38.3 Å². The second-order valence-electron chi connectivity index (χ2n) is 5.45. The van der Waals surface area contributed by atoms with Gasteiger partial charge in [0, 0.05) is 11.1 Å². The van der Waals surface area contributed by atoms with Crippen molar-refractivity contribution < 1.29 is 9.59 Å². The first-order chi connectivity index (χ1) is 10.1. The first kappa shape index (κ1) is 13.6. The van der Waals surface area contributed by atoms with Gasteiger partial charge in [-0.15, -0.1) is 0 Å². The number of carbonyl (C=O) groups is 2. The van der Waals surface area contributed by atoms with Crippen LogP contribution < -0.4 is 5.32 Å². The molecule has 0 bridgehead atoms. The lowest BCUT2D eigenvalue weighted by molar-refractivity contribution is 0.0845. The van der Waals surface area contributed by atoms with Gasteiger partial charge in [0.1, 0.15) is 0 Å². The predicted octanol–water partition coefficient (Wildman–Crippen LogP) is 2.92. The molecule has 2 aromatic carbocycles. The van der Waals surface area contributed by atoms with Crippen LogP contribution in [0.5, 0.6) is 0 Å². The summed E-state index contributed by atoms with van der Waals surface area (Å²) in [6.07, 6.45) is 1.48. The second-order valence-corrected chi connectivity index (χ2v) is 5.45. The zero-order chi connectivity index (χ0) is 14.8. The molecule has 3 rings (SSSR count). The zero-order valence-corrected chi connectivity index (χ0v) is 11.9. The zero-order valence-electron chi connectivity index (χ0n) is 11.9. The van der Waals surface area contributed by atoms with Crippen molar-refractivity contribution in [1.29, 1.82) is 0 Å². The monoisotopic (exact) mass is 279 g/mol. The number of rotatable bonds is 2. The lowest BCUT2D eigenvalue weighted by atomic mass is 9.87. The number of fused-ring (bicyclic) bond motifs is 1. The number of hydrogen-bond acceptors (Lipinski definition) is 2. The van der Waals surface area contributed by atoms with Crippen molar-refractivity contribution in [2.24, 2.45) is 0 Å². The number of benzene rings is 2. The maximum absolute atomic E-state index is 12.4. The predicted molar refractivity (Wildman–Crippen MR) is 81.5 cm³/mol. The Kier molecular flexibility index (Phi) is 3.57. The van der Waals surface area contributed by atoms with Crippen LogP contribution in [0, 0.1) is 6.92 Å². The third-order valence-electron chi connectivity index (χ3n) is 3.92. The van der Waals surface area contributed by atoms with Crippen LogP contribution in [0.25, 0.3) is 0 Å². The largest absolute Gasteiger partial charge is 0.342 e. The molecular formula is C18H17NO2. The highest BCUT2D eigenvalue weighted by atomic mass is 16.2. The van der Waals surface area contributed by atoms with Crippen molar-refractivity contribution in [3.63, 3.8) is 0 Å². The van der Waals surface area contributed by atoms with Gasteiger partial charge in [-0.2, -0.15) is 0 Å². The lowest BCUT2D eigenvalue weighted by Gasteiger charge is -2.24. The van der Waals surface area contributed by atoms with Crippen LogP contribution in [0.2, 0.25) is 0 Å². The Balaban J connectivity index is 1.76. The molecule has 0 saturated heterocycles. The second kappa shape index (κ2) is 5.52. The van der Waals surface area contributed by atoms with Crippen molar-refractivity contribution in [2.75, 3.05) is 0 Å². The fraction of sp³-hybridized carbons (Fsp3) is 0.222. The van der Waals surface area contributed by atoms with E-state index >= 15 is 0 Å². The van der Waals surface area contributed by atoms with Gasteiger partial charge in [0.05, 0.1) is 6.04 Å².